The van der Waals surface area contributed by atoms with Crippen LogP contribution in [0.25, 0.3) is 0 Å². The van der Waals surface area contributed by atoms with E-state index in [1.165, 1.54) is 25.7 Å². The molecule has 1 saturated carbocycles. The van der Waals surface area contributed by atoms with Crippen molar-refractivity contribution in [1.82, 2.24) is 5.32 Å². The first kappa shape index (κ1) is 15.2. The summed E-state index contributed by atoms with van der Waals surface area (Å²) < 4.78 is 5.62. The summed E-state index contributed by atoms with van der Waals surface area (Å²) in [4.78, 5) is 0. The number of ether oxygens (including phenoxy) is 1. The molecule has 5 heteroatoms. The molecule has 1 aliphatic rings. The summed E-state index contributed by atoms with van der Waals surface area (Å²) in [6.45, 7) is 1.56. The summed E-state index contributed by atoms with van der Waals surface area (Å²) in [6, 6.07) is 3.98. The molecule has 0 aliphatic heterocycles. The highest BCUT2D eigenvalue weighted by atomic mass is 35.5. The summed E-state index contributed by atoms with van der Waals surface area (Å²) in [5, 5.41) is 4.98. The van der Waals surface area contributed by atoms with Gasteiger partial charge in [0, 0.05) is 11.1 Å². The van der Waals surface area contributed by atoms with E-state index < -0.39 is 0 Å². The average molecular weight is 323 g/mol. The van der Waals surface area contributed by atoms with Crippen molar-refractivity contribution < 1.29 is 4.74 Å². The molecule has 0 radical (unpaired) electrons. The van der Waals surface area contributed by atoms with Crippen molar-refractivity contribution in [1.29, 1.82) is 0 Å². The van der Waals surface area contributed by atoms with Gasteiger partial charge in [0.25, 0.3) is 0 Å². The molecular weight excluding hydrogens is 305 g/mol. The lowest BCUT2D eigenvalue weighted by Gasteiger charge is -2.13. The SMILES string of the molecule is Clc1cc(Cl)c(OCCCNC2CCCC2)c(Cl)c1. The lowest BCUT2D eigenvalue weighted by molar-refractivity contribution is 0.305. The van der Waals surface area contributed by atoms with Crippen LogP contribution in [0.3, 0.4) is 0 Å². The van der Waals surface area contributed by atoms with Gasteiger partial charge in [0.15, 0.2) is 5.75 Å². The van der Waals surface area contributed by atoms with E-state index in [2.05, 4.69) is 5.32 Å². The monoisotopic (exact) mass is 321 g/mol. The minimum absolute atomic E-state index is 0.459. The molecule has 106 valence electrons. The van der Waals surface area contributed by atoms with Crippen molar-refractivity contribution >= 4 is 34.8 Å². The highest BCUT2D eigenvalue weighted by Crippen LogP contribution is 2.35. The maximum atomic E-state index is 6.04. The van der Waals surface area contributed by atoms with E-state index in [1.54, 1.807) is 12.1 Å². The van der Waals surface area contributed by atoms with Crippen molar-refractivity contribution in [3.05, 3.63) is 27.2 Å². The zero-order valence-electron chi connectivity index (χ0n) is 10.7. The molecule has 19 heavy (non-hydrogen) atoms. The Kier molecular flexibility index (Phi) is 6.08. The molecular formula is C14H18Cl3NO. The van der Waals surface area contributed by atoms with Crippen LogP contribution in [0.2, 0.25) is 15.1 Å². The quantitative estimate of drug-likeness (QED) is 0.748. The number of nitrogens with one attached hydrogen (secondary N) is 1. The molecule has 1 aliphatic carbocycles. The molecule has 1 aromatic rings. The largest absolute Gasteiger partial charge is 0.490 e. The minimum Gasteiger partial charge on any atom is -0.490 e. The normalized spacial score (nSPS) is 15.9. The van der Waals surface area contributed by atoms with E-state index in [0.717, 1.165) is 13.0 Å². The molecule has 0 atom stereocenters. The van der Waals surface area contributed by atoms with Crippen molar-refractivity contribution in [2.24, 2.45) is 0 Å². The third-order valence-electron chi connectivity index (χ3n) is 3.32. The third-order valence-corrected chi connectivity index (χ3v) is 4.10. The van der Waals surface area contributed by atoms with Crippen LogP contribution in [0.15, 0.2) is 12.1 Å². The number of rotatable bonds is 6. The second-order valence-electron chi connectivity index (χ2n) is 4.84. The van der Waals surface area contributed by atoms with Gasteiger partial charge in [-0.2, -0.15) is 0 Å². The third kappa shape index (κ3) is 4.71. The van der Waals surface area contributed by atoms with Gasteiger partial charge in [-0.25, -0.2) is 0 Å². The van der Waals surface area contributed by atoms with Crippen LogP contribution in [-0.4, -0.2) is 19.2 Å². The van der Waals surface area contributed by atoms with E-state index in [9.17, 15) is 0 Å². The van der Waals surface area contributed by atoms with Crippen molar-refractivity contribution in [2.75, 3.05) is 13.2 Å². The Balaban J connectivity index is 1.70. The Morgan fingerprint density at radius 2 is 1.74 bits per heavy atom. The van der Waals surface area contributed by atoms with Crippen molar-refractivity contribution in [3.63, 3.8) is 0 Å². The molecule has 1 fully saturated rings. The zero-order chi connectivity index (χ0) is 13.7. The van der Waals surface area contributed by atoms with Crippen LogP contribution in [-0.2, 0) is 0 Å². The first-order chi connectivity index (χ1) is 9.16. The highest BCUT2D eigenvalue weighted by Gasteiger charge is 2.13. The van der Waals surface area contributed by atoms with Gasteiger partial charge in [-0.15, -0.1) is 0 Å². The topological polar surface area (TPSA) is 21.3 Å². The first-order valence-corrected chi connectivity index (χ1v) is 7.81. The van der Waals surface area contributed by atoms with Gasteiger partial charge < -0.3 is 10.1 Å². The van der Waals surface area contributed by atoms with E-state index in [0.29, 0.717) is 33.5 Å². The van der Waals surface area contributed by atoms with Gasteiger partial charge in [-0.3, -0.25) is 0 Å². The lowest BCUT2D eigenvalue weighted by Crippen LogP contribution is -2.27. The smallest absolute Gasteiger partial charge is 0.156 e. The molecule has 0 amide bonds. The summed E-state index contributed by atoms with van der Waals surface area (Å²) in [7, 11) is 0. The lowest BCUT2D eigenvalue weighted by atomic mass is 10.2. The van der Waals surface area contributed by atoms with Gasteiger partial charge in [0.1, 0.15) is 0 Å². The molecule has 0 aromatic heterocycles. The predicted octanol–water partition coefficient (Wildman–Crippen LogP) is 4.95. The number of halogens is 3. The first-order valence-electron chi connectivity index (χ1n) is 6.67. The van der Waals surface area contributed by atoms with Crippen LogP contribution < -0.4 is 10.1 Å². The van der Waals surface area contributed by atoms with Gasteiger partial charge in [0.2, 0.25) is 0 Å². The summed E-state index contributed by atoms with van der Waals surface area (Å²) in [6.07, 6.45) is 6.24. The van der Waals surface area contributed by atoms with E-state index in [1.807, 2.05) is 0 Å². The zero-order valence-corrected chi connectivity index (χ0v) is 13.0. The Bertz CT molecular complexity index is 396. The Hall–Kier alpha value is -0.150. The number of hydrogen-bond donors (Lipinski definition) is 1. The van der Waals surface area contributed by atoms with Gasteiger partial charge in [0.05, 0.1) is 16.7 Å². The fourth-order valence-corrected chi connectivity index (χ4v) is 3.28. The second kappa shape index (κ2) is 7.58. The Morgan fingerprint density at radius 1 is 1.11 bits per heavy atom. The van der Waals surface area contributed by atoms with Crippen LogP contribution in [0.4, 0.5) is 0 Å². The van der Waals surface area contributed by atoms with Crippen molar-refractivity contribution in [2.45, 2.75) is 38.1 Å². The molecule has 2 nitrogen and oxygen atoms in total. The summed E-state index contributed by atoms with van der Waals surface area (Å²) >= 11 is 17.9. The van der Waals surface area contributed by atoms with Crippen LogP contribution in [0.5, 0.6) is 5.75 Å². The highest BCUT2D eigenvalue weighted by molar-refractivity contribution is 6.40. The van der Waals surface area contributed by atoms with Gasteiger partial charge in [-0.1, -0.05) is 47.6 Å². The molecule has 0 unspecified atom stereocenters. The molecule has 1 aromatic carbocycles. The number of benzene rings is 1. The Labute approximate surface area is 129 Å². The molecule has 0 heterocycles. The maximum Gasteiger partial charge on any atom is 0.156 e. The predicted molar refractivity (Wildman–Crippen MR) is 81.8 cm³/mol. The Morgan fingerprint density at radius 3 is 2.37 bits per heavy atom. The van der Waals surface area contributed by atoms with E-state index in [-0.39, 0.29) is 0 Å². The molecule has 0 saturated heterocycles. The second-order valence-corrected chi connectivity index (χ2v) is 6.09. The van der Waals surface area contributed by atoms with Crippen LogP contribution >= 0.6 is 34.8 Å². The summed E-state index contributed by atoms with van der Waals surface area (Å²) in [5.41, 5.74) is 0. The molecule has 2 rings (SSSR count). The van der Waals surface area contributed by atoms with E-state index >= 15 is 0 Å². The molecule has 0 spiro atoms. The van der Waals surface area contributed by atoms with Gasteiger partial charge >= 0.3 is 0 Å². The molecule has 1 N–H and O–H groups in total. The maximum absolute atomic E-state index is 6.04. The van der Waals surface area contributed by atoms with Crippen LogP contribution in [0.1, 0.15) is 32.1 Å². The summed E-state index contributed by atoms with van der Waals surface area (Å²) in [5.74, 6) is 0.522. The number of hydrogen-bond acceptors (Lipinski definition) is 2. The minimum atomic E-state index is 0.459. The fraction of sp³-hybridized carbons (Fsp3) is 0.571. The van der Waals surface area contributed by atoms with Gasteiger partial charge in [-0.05, 0) is 37.9 Å². The standard InChI is InChI=1S/C14H18Cl3NO/c15-10-8-12(16)14(13(17)9-10)19-7-3-6-18-11-4-1-2-5-11/h8-9,11,18H,1-7H2. The fourth-order valence-electron chi connectivity index (χ4n) is 2.35. The molecule has 0 bridgehead atoms. The van der Waals surface area contributed by atoms with Crippen molar-refractivity contribution in [3.8, 4) is 5.75 Å². The average Bonchev–Trinajstić information content (AvgIpc) is 2.84. The van der Waals surface area contributed by atoms with Crippen LogP contribution in [0, 0.1) is 0 Å². The van der Waals surface area contributed by atoms with E-state index in [4.69, 9.17) is 39.5 Å².